The van der Waals surface area contributed by atoms with E-state index in [0.717, 1.165) is 0 Å². The van der Waals surface area contributed by atoms with E-state index in [-0.39, 0.29) is 5.96 Å². The Kier molecular flexibility index (Phi) is 1.33. The van der Waals surface area contributed by atoms with Gasteiger partial charge in [0.2, 0.25) is 11.0 Å². The zero-order valence-corrected chi connectivity index (χ0v) is 6.86. The fourth-order valence-corrected chi connectivity index (χ4v) is 1.22. The fourth-order valence-electron chi connectivity index (χ4n) is 0.963. The van der Waals surface area contributed by atoms with Gasteiger partial charge in [-0.1, -0.05) is 0 Å². The fraction of sp³-hybridized carbons (Fsp3) is 0.200. The van der Waals surface area contributed by atoms with Crippen LogP contribution in [0.3, 0.4) is 0 Å². The van der Waals surface area contributed by atoms with Crippen molar-refractivity contribution < 1.29 is 0 Å². The minimum Gasteiger partial charge on any atom is -0.368 e. The normalized spacial score (nSPS) is 32.3. The number of fused-ring (bicyclic) bond motifs is 1. The van der Waals surface area contributed by atoms with Crippen molar-refractivity contribution in [2.45, 2.75) is 4.99 Å². The highest BCUT2D eigenvalue weighted by atomic mass is 32.1. The van der Waals surface area contributed by atoms with E-state index in [4.69, 9.17) is 11.5 Å². The predicted octanol–water partition coefficient (Wildman–Crippen LogP) is -1.26. The van der Waals surface area contributed by atoms with Crippen molar-refractivity contribution in [1.29, 1.82) is 0 Å². The number of thiol groups is 1. The molecule has 62 valence electrons. The van der Waals surface area contributed by atoms with Gasteiger partial charge in [-0.3, -0.25) is 5.73 Å². The van der Waals surface area contributed by atoms with Crippen LogP contribution in [0.4, 0.5) is 0 Å². The Morgan fingerprint density at radius 2 is 2.33 bits per heavy atom. The van der Waals surface area contributed by atoms with Crippen molar-refractivity contribution >= 4 is 36.5 Å². The molecule has 0 saturated carbocycles. The molecule has 0 aromatic carbocycles. The number of amidine groups is 1. The topological polar surface area (TPSA) is 101 Å². The summed E-state index contributed by atoms with van der Waals surface area (Å²) in [6.45, 7) is 0. The zero-order valence-electron chi connectivity index (χ0n) is 5.97. The predicted molar refractivity (Wildman–Crippen MR) is 50.9 cm³/mol. The lowest BCUT2D eigenvalue weighted by Crippen LogP contribution is -2.47. The highest BCUT2D eigenvalue weighted by Gasteiger charge is 2.35. The van der Waals surface area contributed by atoms with Crippen molar-refractivity contribution in [2.75, 3.05) is 0 Å². The summed E-state index contributed by atoms with van der Waals surface area (Å²) in [5.74, 6) is 0.459. The number of hydrogen-bond donors (Lipinski definition) is 3. The molecule has 12 heavy (non-hydrogen) atoms. The van der Waals surface area contributed by atoms with Crippen LogP contribution in [0.15, 0.2) is 20.0 Å². The Bertz CT molecular complexity index is 349. The van der Waals surface area contributed by atoms with Crippen molar-refractivity contribution in [3.63, 3.8) is 0 Å². The minimum absolute atomic E-state index is 0.0699. The summed E-state index contributed by atoms with van der Waals surface area (Å²) in [4.78, 5) is 14.1. The molecule has 2 heterocycles. The van der Waals surface area contributed by atoms with Gasteiger partial charge in [-0.25, -0.2) is 15.0 Å². The third kappa shape index (κ3) is 0.942. The molecular weight excluding hydrogens is 178 g/mol. The van der Waals surface area contributed by atoms with Crippen LogP contribution in [0, 0.1) is 0 Å². The smallest absolute Gasteiger partial charge is 0.220 e. The quantitative estimate of drug-likeness (QED) is 0.323. The first-order chi connectivity index (χ1) is 5.59. The van der Waals surface area contributed by atoms with Crippen molar-refractivity contribution in [3.05, 3.63) is 0 Å². The largest absolute Gasteiger partial charge is 0.368 e. The van der Waals surface area contributed by atoms with E-state index in [1.807, 2.05) is 0 Å². The lowest BCUT2D eigenvalue weighted by molar-refractivity contribution is 0.855. The monoisotopic (exact) mass is 184 g/mol. The molecule has 4 N–H and O–H groups in total. The summed E-state index contributed by atoms with van der Waals surface area (Å²) in [5, 5.41) is 0. The number of nitrogens with two attached hydrogens (primary N) is 2. The van der Waals surface area contributed by atoms with Gasteiger partial charge in [0.1, 0.15) is 12.1 Å². The molecule has 2 aliphatic heterocycles. The summed E-state index contributed by atoms with van der Waals surface area (Å²) in [6, 6.07) is 0. The van der Waals surface area contributed by atoms with E-state index in [1.165, 1.54) is 6.34 Å². The third-order valence-corrected chi connectivity index (χ3v) is 1.74. The second kappa shape index (κ2) is 2.14. The molecule has 0 aromatic rings. The van der Waals surface area contributed by atoms with E-state index < -0.39 is 4.99 Å². The standard InChI is InChI=1S/C5H6N6S/c6-4-10-3-2(8-1-9-3)5(7,12)11-4/h1,12H,7H2,(H2,6,11)/i4+2. The maximum atomic E-state index is 5.66. The molecule has 0 saturated heterocycles. The molecule has 2 aliphatic rings. The number of rotatable bonds is 0. The number of guanidine groups is 1. The van der Waals surface area contributed by atoms with Crippen LogP contribution < -0.4 is 11.5 Å². The molecule has 0 aromatic heterocycles. The average molecular weight is 184 g/mol. The van der Waals surface area contributed by atoms with Gasteiger partial charge in [0.25, 0.3) is 0 Å². The maximum absolute atomic E-state index is 5.66. The van der Waals surface area contributed by atoms with Gasteiger partial charge < -0.3 is 5.73 Å². The highest BCUT2D eigenvalue weighted by molar-refractivity contribution is 7.82. The number of hydrogen-bond acceptors (Lipinski definition) is 7. The SMILES string of the molecule is N[14C]1=NC(N)(S)C2=NC=NC2=N1. The van der Waals surface area contributed by atoms with Gasteiger partial charge >= 0.3 is 0 Å². The first kappa shape index (κ1) is 7.44. The number of nitrogens with zero attached hydrogens (tertiary/aromatic N) is 4. The molecule has 0 bridgehead atoms. The van der Waals surface area contributed by atoms with Crippen LogP contribution >= 0.6 is 12.6 Å². The summed E-state index contributed by atoms with van der Waals surface area (Å²) >= 11 is 4.07. The van der Waals surface area contributed by atoms with Crippen LogP contribution in [0.5, 0.6) is 0 Å². The van der Waals surface area contributed by atoms with E-state index in [0.29, 0.717) is 11.5 Å². The molecule has 1 atom stereocenters. The Balaban J connectivity index is 2.54. The van der Waals surface area contributed by atoms with Gasteiger partial charge in [-0.15, -0.1) is 12.6 Å². The van der Waals surface area contributed by atoms with Gasteiger partial charge in [-0.2, -0.15) is 4.99 Å². The van der Waals surface area contributed by atoms with Crippen LogP contribution in [0.25, 0.3) is 0 Å². The summed E-state index contributed by atoms with van der Waals surface area (Å²) in [5.41, 5.74) is 11.5. The van der Waals surface area contributed by atoms with E-state index in [1.54, 1.807) is 0 Å². The van der Waals surface area contributed by atoms with E-state index >= 15 is 0 Å². The Morgan fingerprint density at radius 1 is 1.58 bits per heavy atom. The highest BCUT2D eigenvalue weighted by Crippen LogP contribution is 2.18. The Labute approximate surface area is 73.6 Å². The molecule has 1 unspecified atom stereocenters. The molecular formula is C5H6N6S. The molecule has 7 heteroatoms. The van der Waals surface area contributed by atoms with Crippen molar-refractivity contribution in [1.82, 2.24) is 0 Å². The van der Waals surface area contributed by atoms with Gasteiger partial charge in [0.05, 0.1) is 0 Å². The molecule has 0 fully saturated rings. The third-order valence-electron chi connectivity index (χ3n) is 1.43. The molecule has 0 spiro atoms. The maximum Gasteiger partial charge on any atom is 0.220 e. The van der Waals surface area contributed by atoms with Gasteiger partial charge in [0, 0.05) is 0 Å². The summed E-state index contributed by atoms with van der Waals surface area (Å²) in [7, 11) is 0. The molecule has 0 aliphatic carbocycles. The van der Waals surface area contributed by atoms with E-state index in [9.17, 15) is 0 Å². The lowest BCUT2D eigenvalue weighted by atomic mass is 10.3. The zero-order chi connectivity index (χ0) is 8.77. The lowest BCUT2D eigenvalue weighted by Gasteiger charge is -2.21. The second-order valence-electron chi connectivity index (χ2n) is 2.35. The molecule has 0 amide bonds. The van der Waals surface area contributed by atoms with Crippen LogP contribution in [-0.2, 0) is 0 Å². The molecule has 2 rings (SSSR count). The van der Waals surface area contributed by atoms with E-state index in [2.05, 4.69) is 32.6 Å². The second-order valence-corrected chi connectivity index (χ2v) is 3.04. The minimum atomic E-state index is -1.20. The number of aliphatic imine (C=N–C) groups is 4. The molecule has 0 radical (unpaired) electrons. The average Bonchev–Trinajstić information content (AvgIpc) is 2.32. The van der Waals surface area contributed by atoms with Crippen LogP contribution in [-0.4, -0.2) is 28.8 Å². The summed E-state index contributed by atoms with van der Waals surface area (Å²) < 4.78 is 0. The summed E-state index contributed by atoms with van der Waals surface area (Å²) in [6.07, 6.45) is 1.35. The Hall–Kier alpha value is -1.21. The van der Waals surface area contributed by atoms with Gasteiger partial charge in [0.15, 0.2) is 5.84 Å². The first-order valence-electron chi connectivity index (χ1n) is 3.16. The van der Waals surface area contributed by atoms with Crippen LogP contribution in [0.1, 0.15) is 0 Å². The van der Waals surface area contributed by atoms with Gasteiger partial charge in [-0.05, 0) is 0 Å². The Morgan fingerprint density at radius 3 is 3.08 bits per heavy atom. The molecule has 6 nitrogen and oxygen atoms in total. The van der Waals surface area contributed by atoms with Crippen molar-refractivity contribution in [2.24, 2.45) is 31.4 Å². The first-order valence-corrected chi connectivity index (χ1v) is 3.61. The van der Waals surface area contributed by atoms with Crippen molar-refractivity contribution in [3.8, 4) is 0 Å². The van der Waals surface area contributed by atoms with Crippen LogP contribution in [0.2, 0.25) is 0 Å².